The highest BCUT2D eigenvalue weighted by Crippen LogP contribution is 2.35. The Kier molecular flexibility index (Phi) is 4.82. The molecule has 14 heavy (non-hydrogen) atoms. The van der Waals surface area contributed by atoms with Gasteiger partial charge in [0.2, 0.25) is 0 Å². The van der Waals surface area contributed by atoms with Gasteiger partial charge in [0.1, 0.15) is 0 Å². The van der Waals surface area contributed by atoms with Gasteiger partial charge in [-0.1, -0.05) is 34.8 Å². The van der Waals surface area contributed by atoms with E-state index in [0.29, 0.717) is 27.4 Å². The number of halogens is 3. The lowest BCUT2D eigenvalue weighted by Gasteiger charge is -2.08. The molecule has 1 aromatic carbocycles. The van der Waals surface area contributed by atoms with Crippen molar-refractivity contribution in [2.45, 2.75) is 0 Å². The van der Waals surface area contributed by atoms with Gasteiger partial charge in [-0.15, -0.1) is 0 Å². The highest BCUT2D eigenvalue weighted by molar-refractivity contribution is 6.40. The zero-order valence-corrected chi connectivity index (χ0v) is 9.66. The molecular formula is C9H8Cl3O2. The Balaban J connectivity index is 2.75. The van der Waals surface area contributed by atoms with Crippen LogP contribution in [-0.4, -0.2) is 13.7 Å². The van der Waals surface area contributed by atoms with Crippen molar-refractivity contribution in [3.8, 4) is 5.75 Å². The second-order valence-electron chi connectivity index (χ2n) is 2.44. The lowest BCUT2D eigenvalue weighted by atomic mass is 10.3. The van der Waals surface area contributed by atoms with E-state index >= 15 is 0 Å². The average Bonchev–Trinajstić information content (AvgIpc) is 2.09. The Morgan fingerprint density at radius 3 is 2.29 bits per heavy atom. The summed E-state index contributed by atoms with van der Waals surface area (Å²) in [6.45, 7) is 1.82. The maximum absolute atomic E-state index is 5.86. The SMILES string of the molecule is COC[CH]Oc1c(Cl)cc(Cl)cc1Cl. The number of ether oxygens (including phenoxy) is 2. The number of rotatable bonds is 4. The molecule has 0 N–H and O–H groups in total. The first-order chi connectivity index (χ1) is 6.65. The number of hydrogen-bond donors (Lipinski definition) is 0. The van der Waals surface area contributed by atoms with Gasteiger partial charge in [0, 0.05) is 12.1 Å². The fourth-order valence-electron chi connectivity index (χ4n) is 0.827. The lowest BCUT2D eigenvalue weighted by molar-refractivity contribution is 0.183. The largest absolute Gasteiger partial charge is 0.481 e. The van der Waals surface area contributed by atoms with Crippen LogP contribution in [-0.2, 0) is 4.74 Å². The molecule has 1 aromatic rings. The summed E-state index contributed by atoms with van der Waals surface area (Å²) in [6, 6.07) is 3.12. The van der Waals surface area contributed by atoms with Gasteiger partial charge in [0.25, 0.3) is 0 Å². The summed E-state index contributed by atoms with van der Waals surface area (Å²) in [5.41, 5.74) is 0. The van der Waals surface area contributed by atoms with Crippen LogP contribution in [0.3, 0.4) is 0 Å². The van der Waals surface area contributed by atoms with E-state index in [-0.39, 0.29) is 0 Å². The van der Waals surface area contributed by atoms with Crippen LogP contribution >= 0.6 is 34.8 Å². The van der Waals surface area contributed by atoms with Crippen molar-refractivity contribution in [1.82, 2.24) is 0 Å². The van der Waals surface area contributed by atoms with Crippen molar-refractivity contribution in [2.75, 3.05) is 13.7 Å². The molecule has 0 aliphatic heterocycles. The minimum atomic E-state index is 0.356. The van der Waals surface area contributed by atoms with Crippen molar-refractivity contribution in [3.63, 3.8) is 0 Å². The molecule has 0 atom stereocenters. The summed E-state index contributed by atoms with van der Waals surface area (Å²) in [5.74, 6) is 0.384. The Morgan fingerprint density at radius 1 is 1.21 bits per heavy atom. The maximum Gasteiger partial charge on any atom is 0.161 e. The summed E-state index contributed by atoms with van der Waals surface area (Å²) in [5, 5.41) is 1.21. The molecule has 2 nitrogen and oxygen atoms in total. The number of hydrogen-bond acceptors (Lipinski definition) is 2. The molecule has 0 aliphatic carbocycles. The third kappa shape index (κ3) is 3.21. The molecule has 0 saturated heterocycles. The van der Waals surface area contributed by atoms with Crippen LogP contribution in [0.2, 0.25) is 15.1 Å². The fourth-order valence-corrected chi connectivity index (χ4v) is 1.73. The van der Waals surface area contributed by atoms with Gasteiger partial charge in [-0.05, 0) is 12.1 Å². The van der Waals surface area contributed by atoms with Gasteiger partial charge >= 0.3 is 0 Å². The van der Waals surface area contributed by atoms with Crippen molar-refractivity contribution in [1.29, 1.82) is 0 Å². The second-order valence-corrected chi connectivity index (χ2v) is 3.69. The van der Waals surface area contributed by atoms with E-state index in [4.69, 9.17) is 44.3 Å². The minimum Gasteiger partial charge on any atom is -0.481 e. The van der Waals surface area contributed by atoms with Gasteiger partial charge in [-0.2, -0.15) is 0 Å². The molecule has 1 radical (unpaired) electrons. The molecular weight excluding hydrogens is 246 g/mol. The average molecular weight is 255 g/mol. The van der Waals surface area contributed by atoms with Crippen LogP contribution in [0.4, 0.5) is 0 Å². The minimum absolute atomic E-state index is 0.356. The molecule has 0 spiro atoms. The molecule has 0 fully saturated rings. The predicted octanol–water partition coefficient (Wildman–Crippen LogP) is 3.83. The van der Waals surface area contributed by atoms with Crippen LogP contribution < -0.4 is 4.74 Å². The van der Waals surface area contributed by atoms with E-state index in [9.17, 15) is 0 Å². The maximum atomic E-state index is 5.86. The summed E-state index contributed by atoms with van der Waals surface area (Å²) < 4.78 is 9.96. The van der Waals surface area contributed by atoms with Crippen molar-refractivity contribution in [2.24, 2.45) is 0 Å². The molecule has 0 heterocycles. The van der Waals surface area contributed by atoms with E-state index < -0.39 is 0 Å². The molecule has 0 saturated carbocycles. The summed E-state index contributed by atoms with van der Waals surface area (Å²) in [6.07, 6.45) is 0. The third-order valence-electron chi connectivity index (χ3n) is 1.40. The number of benzene rings is 1. The quantitative estimate of drug-likeness (QED) is 0.760. The lowest BCUT2D eigenvalue weighted by Crippen LogP contribution is -1.98. The molecule has 5 heteroatoms. The molecule has 77 valence electrons. The van der Waals surface area contributed by atoms with Crippen LogP contribution in [0, 0.1) is 6.61 Å². The molecule has 0 aromatic heterocycles. The summed E-state index contributed by atoms with van der Waals surface area (Å²) >= 11 is 17.4. The van der Waals surface area contributed by atoms with Gasteiger partial charge in [0.05, 0.1) is 16.7 Å². The van der Waals surface area contributed by atoms with Crippen molar-refractivity contribution in [3.05, 3.63) is 33.8 Å². The van der Waals surface area contributed by atoms with Crippen LogP contribution in [0.25, 0.3) is 0 Å². The second kappa shape index (κ2) is 5.66. The predicted molar refractivity (Wildman–Crippen MR) is 58.3 cm³/mol. The monoisotopic (exact) mass is 253 g/mol. The van der Waals surface area contributed by atoms with Gasteiger partial charge in [0.15, 0.2) is 12.4 Å². The fraction of sp³-hybridized carbons (Fsp3) is 0.222. The van der Waals surface area contributed by atoms with Gasteiger partial charge in [-0.3, -0.25) is 0 Å². The first-order valence-electron chi connectivity index (χ1n) is 3.77. The summed E-state index contributed by atoms with van der Waals surface area (Å²) in [4.78, 5) is 0. The Labute approximate surface area is 97.7 Å². The summed E-state index contributed by atoms with van der Waals surface area (Å²) in [7, 11) is 1.56. The molecule has 0 bridgehead atoms. The van der Waals surface area contributed by atoms with Crippen molar-refractivity contribution < 1.29 is 9.47 Å². The topological polar surface area (TPSA) is 18.5 Å². The first-order valence-corrected chi connectivity index (χ1v) is 4.90. The smallest absolute Gasteiger partial charge is 0.161 e. The zero-order chi connectivity index (χ0) is 10.6. The molecule has 0 amide bonds. The van der Waals surface area contributed by atoms with Crippen molar-refractivity contribution >= 4 is 34.8 Å². The number of methoxy groups -OCH3 is 1. The zero-order valence-electron chi connectivity index (χ0n) is 7.39. The molecule has 0 unspecified atom stereocenters. The van der Waals surface area contributed by atoms with E-state index in [1.807, 2.05) is 0 Å². The molecule has 0 aliphatic rings. The Bertz CT molecular complexity index is 292. The van der Waals surface area contributed by atoms with Gasteiger partial charge in [-0.25, -0.2) is 0 Å². The van der Waals surface area contributed by atoms with Crippen LogP contribution in [0.1, 0.15) is 0 Å². The first kappa shape index (κ1) is 11.9. The Morgan fingerprint density at radius 2 is 1.79 bits per heavy atom. The standard InChI is InChI=1S/C9H8Cl3O2/c1-13-2-3-14-9-7(11)4-6(10)5-8(9)12/h3-5H,2H2,1H3. The third-order valence-corrected chi connectivity index (χ3v) is 2.18. The highest BCUT2D eigenvalue weighted by Gasteiger charge is 2.08. The highest BCUT2D eigenvalue weighted by atomic mass is 35.5. The van der Waals surface area contributed by atoms with Crippen LogP contribution in [0.5, 0.6) is 5.75 Å². The molecule has 1 rings (SSSR count). The van der Waals surface area contributed by atoms with E-state index in [1.54, 1.807) is 19.2 Å². The Hall–Kier alpha value is -0.150. The van der Waals surface area contributed by atoms with E-state index in [2.05, 4.69) is 0 Å². The van der Waals surface area contributed by atoms with E-state index in [1.165, 1.54) is 6.61 Å². The van der Waals surface area contributed by atoms with Crippen LogP contribution in [0.15, 0.2) is 12.1 Å². The van der Waals surface area contributed by atoms with E-state index in [0.717, 1.165) is 0 Å². The normalized spacial score (nSPS) is 10.3. The van der Waals surface area contributed by atoms with Gasteiger partial charge < -0.3 is 9.47 Å².